The van der Waals surface area contributed by atoms with E-state index in [1.165, 1.54) is 14.0 Å². The molecule has 54 heavy (non-hydrogen) atoms. The first kappa shape index (κ1) is 45.8. The fourth-order valence-corrected chi connectivity index (χ4v) is 8.02. The maximum Gasteiger partial charge on any atom is 0.345 e. The molecule has 1 unspecified atom stereocenters. The molecule has 2 saturated heterocycles. The molecule has 308 valence electrons. The minimum absolute atomic E-state index is 0.00210. The van der Waals surface area contributed by atoms with Crippen LogP contribution in [0.5, 0.6) is 0 Å². The van der Waals surface area contributed by atoms with Crippen LogP contribution in [0.1, 0.15) is 127 Å². The molecule has 3 aliphatic rings. The Labute approximate surface area is 320 Å². The zero-order valence-corrected chi connectivity index (χ0v) is 34.0. The number of ketones is 2. The first-order chi connectivity index (χ1) is 25.2. The third-order valence-electron chi connectivity index (χ3n) is 12.1. The molecule has 13 heteroatoms. The zero-order chi connectivity index (χ0) is 40.7. The van der Waals surface area contributed by atoms with Crippen molar-refractivity contribution >= 4 is 29.5 Å². The van der Waals surface area contributed by atoms with Crippen molar-refractivity contribution in [3.8, 4) is 0 Å². The highest BCUT2D eigenvalue weighted by Crippen LogP contribution is 2.45. The molecule has 0 aromatic carbocycles. The molecular weight excluding hydrogens is 700 g/mol. The van der Waals surface area contributed by atoms with Crippen LogP contribution >= 0.6 is 0 Å². The Balaban J connectivity index is 1.54. The largest absolute Gasteiger partial charge is 0.459 e. The van der Waals surface area contributed by atoms with Crippen LogP contribution in [-0.2, 0) is 47.7 Å². The van der Waals surface area contributed by atoms with Crippen LogP contribution in [-0.4, -0.2) is 100 Å². The van der Waals surface area contributed by atoms with Crippen molar-refractivity contribution in [2.45, 2.75) is 175 Å². The van der Waals surface area contributed by atoms with Crippen LogP contribution in [0.3, 0.4) is 0 Å². The highest BCUT2D eigenvalue weighted by atomic mass is 16.7. The number of cyclic esters (lactones) is 2. The summed E-state index contributed by atoms with van der Waals surface area (Å²) in [4.78, 5) is 61.6. The molecule has 3 rings (SSSR count). The summed E-state index contributed by atoms with van der Waals surface area (Å²) in [7, 11) is 1.32. The van der Waals surface area contributed by atoms with Gasteiger partial charge in [0.25, 0.3) is 0 Å². The van der Waals surface area contributed by atoms with Gasteiger partial charge in [0.05, 0.1) is 42.5 Å². The van der Waals surface area contributed by atoms with Gasteiger partial charge in [0.1, 0.15) is 23.8 Å². The molecule has 3 N–H and O–H groups in total. The van der Waals surface area contributed by atoms with Crippen LogP contribution in [0.15, 0.2) is 11.1 Å². The first-order valence-electron chi connectivity index (χ1n) is 19.8. The number of hydrogen-bond donors (Lipinski definition) is 3. The number of aliphatic hydroxyl groups excluding tert-OH is 3. The molecular formula is C41H66O13. The predicted molar refractivity (Wildman–Crippen MR) is 197 cm³/mol. The topological polar surface area (TPSA) is 192 Å². The summed E-state index contributed by atoms with van der Waals surface area (Å²) in [6.45, 7) is 16.5. The van der Waals surface area contributed by atoms with Crippen molar-refractivity contribution in [2.24, 2.45) is 35.5 Å². The molecule has 0 aromatic heterocycles. The molecule has 0 saturated carbocycles. The maximum atomic E-state index is 13.3. The summed E-state index contributed by atoms with van der Waals surface area (Å²) < 4.78 is 29.1. The summed E-state index contributed by atoms with van der Waals surface area (Å²) >= 11 is 0. The number of ether oxygens (including phenoxy) is 5. The summed E-state index contributed by atoms with van der Waals surface area (Å²) in [5, 5.41) is 32.7. The summed E-state index contributed by atoms with van der Waals surface area (Å²) in [6.07, 6.45) is -1.03. The number of hydrogen-bond acceptors (Lipinski definition) is 13. The Morgan fingerprint density at radius 3 is 2.04 bits per heavy atom. The number of methoxy groups -OCH3 is 1. The van der Waals surface area contributed by atoms with Gasteiger partial charge in [-0.05, 0) is 76.0 Å². The standard InChI is InChI=1S/C41H66O13/c1-21(2)36(51-34(47)20-31(45)35-27(8)39(48)52-40(35)49)38(50-10)32(46)19-30(44)26(7)29(43)13-11-24(5)37-25(6)16-18-41(54-37)17-15-23(4)33(53-41)14-12-22(3)28(9)42/h21-26,29,31-33,36-38,43,45-46H,11-20H2,1-10H3/t22-,23+,24+,25-,26-,29-,31+,32+,33-,36+,37?,38+,41+/m0/s1. The van der Waals surface area contributed by atoms with E-state index in [0.717, 1.165) is 38.5 Å². The van der Waals surface area contributed by atoms with Gasteiger partial charge in [-0.1, -0.05) is 48.5 Å². The van der Waals surface area contributed by atoms with Crippen LogP contribution in [0.25, 0.3) is 0 Å². The molecule has 13 atom stereocenters. The fraction of sp³-hybridized carbons (Fsp3) is 0.829. The van der Waals surface area contributed by atoms with E-state index in [9.17, 15) is 39.3 Å². The van der Waals surface area contributed by atoms with E-state index in [1.807, 2.05) is 6.92 Å². The lowest BCUT2D eigenvalue weighted by Gasteiger charge is -2.51. The summed E-state index contributed by atoms with van der Waals surface area (Å²) in [5.41, 5.74) is -0.403. The Morgan fingerprint density at radius 1 is 0.852 bits per heavy atom. The van der Waals surface area contributed by atoms with E-state index in [2.05, 4.69) is 25.5 Å². The van der Waals surface area contributed by atoms with Crippen LogP contribution in [0.4, 0.5) is 0 Å². The Kier molecular flexibility index (Phi) is 17.0. The van der Waals surface area contributed by atoms with E-state index in [1.54, 1.807) is 27.7 Å². The minimum atomic E-state index is -1.63. The Hall–Kier alpha value is -2.55. The SMILES string of the molecule is CO[C@H]([C@H](O)CC(=O)[C@@H](C)[C@@H](O)CC[C@@H](C)C1O[C@]2(CC[C@@H](C)[C@H](CC[C@H](C)C(C)=O)O2)CC[C@@H]1C)[C@H](OC(=O)C[C@@H](O)C1=C(C)C(=O)OC1=O)C(C)C. The van der Waals surface area contributed by atoms with E-state index >= 15 is 0 Å². The molecule has 3 aliphatic heterocycles. The van der Waals surface area contributed by atoms with Crippen LogP contribution < -0.4 is 0 Å². The third-order valence-corrected chi connectivity index (χ3v) is 12.1. The van der Waals surface area contributed by atoms with Gasteiger partial charge in [0, 0.05) is 43.8 Å². The molecule has 0 aliphatic carbocycles. The zero-order valence-electron chi connectivity index (χ0n) is 34.0. The number of carbonyl (C=O) groups excluding carboxylic acids is 5. The quantitative estimate of drug-likeness (QED) is 0.113. The van der Waals surface area contributed by atoms with Crippen molar-refractivity contribution in [2.75, 3.05) is 7.11 Å². The summed E-state index contributed by atoms with van der Waals surface area (Å²) in [6, 6.07) is 0. The fourth-order valence-electron chi connectivity index (χ4n) is 8.02. The highest BCUT2D eigenvalue weighted by Gasteiger charge is 2.48. The average molecular weight is 767 g/mol. The molecule has 13 nitrogen and oxygen atoms in total. The number of esters is 3. The van der Waals surface area contributed by atoms with Gasteiger partial charge in [0.2, 0.25) is 0 Å². The first-order valence-corrected chi connectivity index (χ1v) is 19.8. The second kappa shape index (κ2) is 20.0. The minimum Gasteiger partial charge on any atom is -0.459 e. The van der Waals surface area contributed by atoms with Gasteiger partial charge in [-0.15, -0.1) is 0 Å². The molecule has 0 aromatic rings. The van der Waals surface area contributed by atoms with Crippen molar-refractivity contribution < 1.29 is 63.0 Å². The Morgan fingerprint density at radius 2 is 1.48 bits per heavy atom. The van der Waals surface area contributed by atoms with Gasteiger partial charge in [0.15, 0.2) is 5.79 Å². The van der Waals surface area contributed by atoms with E-state index in [4.69, 9.17) is 18.9 Å². The smallest absolute Gasteiger partial charge is 0.345 e. The second-order valence-corrected chi connectivity index (χ2v) is 16.8. The van der Waals surface area contributed by atoms with E-state index in [-0.39, 0.29) is 65.0 Å². The molecule has 2 fully saturated rings. The van der Waals surface area contributed by atoms with Crippen molar-refractivity contribution in [1.82, 2.24) is 0 Å². The van der Waals surface area contributed by atoms with Crippen molar-refractivity contribution in [3.63, 3.8) is 0 Å². The van der Waals surface area contributed by atoms with Gasteiger partial charge in [-0.25, -0.2) is 9.59 Å². The number of rotatable bonds is 20. The van der Waals surface area contributed by atoms with Crippen molar-refractivity contribution in [1.29, 1.82) is 0 Å². The van der Waals surface area contributed by atoms with Crippen molar-refractivity contribution in [3.05, 3.63) is 11.1 Å². The number of Topliss-reactive ketones (excluding diaryl/α,β-unsaturated/α-hetero) is 2. The Bertz CT molecular complexity index is 1350. The third kappa shape index (κ3) is 11.7. The van der Waals surface area contributed by atoms with Gasteiger partial charge in [-0.2, -0.15) is 0 Å². The highest BCUT2D eigenvalue weighted by molar-refractivity contribution is 6.12. The van der Waals surface area contributed by atoms with Crippen LogP contribution in [0, 0.1) is 35.5 Å². The molecule has 3 heterocycles. The van der Waals surface area contributed by atoms with Crippen LogP contribution in [0.2, 0.25) is 0 Å². The van der Waals surface area contributed by atoms with Gasteiger partial charge < -0.3 is 39.0 Å². The molecule has 1 spiro atoms. The maximum absolute atomic E-state index is 13.3. The predicted octanol–water partition coefficient (Wildman–Crippen LogP) is 4.79. The lowest BCUT2D eigenvalue weighted by Crippen LogP contribution is -2.53. The monoisotopic (exact) mass is 766 g/mol. The second-order valence-electron chi connectivity index (χ2n) is 16.8. The lowest BCUT2D eigenvalue weighted by molar-refractivity contribution is -0.338. The molecule has 0 amide bonds. The number of carbonyl (C=O) groups is 5. The number of aliphatic hydroxyl groups is 3. The molecule has 0 bridgehead atoms. The van der Waals surface area contributed by atoms with Gasteiger partial charge in [-0.3, -0.25) is 14.4 Å². The van der Waals surface area contributed by atoms with E-state index in [0.29, 0.717) is 18.8 Å². The average Bonchev–Trinajstić information content (AvgIpc) is 3.37. The summed E-state index contributed by atoms with van der Waals surface area (Å²) in [5.74, 6) is -4.07. The lowest BCUT2D eigenvalue weighted by atomic mass is 9.79. The van der Waals surface area contributed by atoms with Gasteiger partial charge >= 0.3 is 17.9 Å². The van der Waals surface area contributed by atoms with E-state index < -0.39 is 66.6 Å². The molecule has 0 radical (unpaired) electrons. The normalized spacial score (nSPS) is 29.3.